The Hall–Kier alpha value is -0.900. The minimum absolute atomic E-state index is 0.180. The summed E-state index contributed by atoms with van der Waals surface area (Å²) in [5.41, 5.74) is 0.314. The summed E-state index contributed by atoms with van der Waals surface area (Å²) in [5.74, 6) is 0.232. The van der Waals surface area contributed by atoms with Crippen molar-refractivity contribution in [2.45, 2.75) is 19.3 Å². The van der Waals surface area contributed by atoms with Crippen LogP contribution >= 0.6 is 0 Å². The van der Waals surface area contributed by atoms with E-state index in [0.29, 0.717) is 25.0 Å². The largest absolute Gasteiger partial charge is 0.484 e. The molecule has 0 saturated heterocycles. The third kappa shape index (κ3) is 5.54. The Bertz CT molecular complexity index is 129. The van der Waals surface area contributed by atoms with Gasteiger partial charge in [0.15, 0.2) is 5.90 Å². The minimum atomic E-state index is -0.180. The van der Waals surface area contributed by atoms with Crippen molar-refractivity contribution in [3.63, 3.8) is 0 Å². The Labute approximate surface area is 66.2 Å². The van der Waals surface area contributed by atoms with Crippen molar-refractivity contribution in [3.8, 4) is 0 Å². The maximum atomic E-state index is 8.45. The Kier molecular flexibility index (Phi) is 5.37. The Balaban J connectivity index is 3.27. The maximum Gasteiger partial charge on any atom is 0.180 e. The van der Waals surface area contributed by atoms with Crippen molar-refractivity contribution >= 4 is 11.6 Å². The number of aliphatic hydroxyl groups excluding tert-OH is 1. The van der Waals surface area contributed by atoms with Gasteiger partial charge in [-0.25, -0.2) is 0 Å². The van der Waals surface area contributed by atoms with Crippen LogP contribution in [0.5, 0.6) is 0 Å². The van der Waals surface area contributed by atoms with Crippen molar-refractivity contribution in [3.05, 3.63) is 0 Å². The van der Waals surface area contributed by atoms with E-state index in [1.54, 1.807) is 0 Å². The molecule has 0 heterocycles. The average Bonchev–Trinajstić information content (AvgIpc) is 2.04. The zero-order chi connectivity index (χ0) is 8.69. The number of nitrogens with one attached hydrogen (secondary N) is 2. The molecule has 4 nitrogen and oxygen atoms in total. The first-order chi connectivity index (χ1) is 5.20. The van der Waals surface area contributed by atoms with Crippen molar-refractivity contribution < 1.29 is 9.84 Å². The zero-order valence-electron chi connectivity index (χ0n) is 6.68. The molecular formula is C7H14N2O2. The quantitative estimate of drug-likeness (QED) is 0.408. The molecule has 4 heteroatoms. The van der Waals surface area contributed by atoms with Crippen molar-refractivity contribution in [2.24, 2.45) is 0 Å². The average molecular weight is 158 g/mol. The number of ether oxygens (including phenoxy) is 1. The molecule has 0 spiro atoms. The first kappa shape index (κ1) is 10.1. The lowest BCUT2D eigenvalue weighted by Gasteiger charge is -2.01. The second-order valence-corrected chi connectivity index (χ2v) is 2.24. The van der Waals surface area contributed by atoms with Crippen molar-refractivity contribution in [1.82, 2.24) is 0 Å². The summed E-state index contributed by atoms with van der Waals surface area (Å²) in [7, 11) is 1.46. The van der Waals surface area contributed by atoms with E-state index in [2.05, 4.69) is 4.74 Å². The van der Waals surface area contributed by atoms with E-state index in [1.807, 2.05) is 0 Å². The second kappa shape index (κ2) is 5.85. The van der Waals surface area contributed by atoms with E-state index in [4.69, 9.17) is 15.9 Å². The van der Waals surface area contributed by atoms with Gasteiger partial charge in [0.1, 0.15) is 0 Å². The van der Waals surface area contributed by atoms with Crippen molar-refractivity contribution in [2.75, 3.05) is 13.7 Å². The first-order valence-electron chi connectivity index (χ1n) is 3.49. The van der Waals surface area contributed by atoms with Crippen LogP contribution in [0.15, 0.2) is 0 Å². The molecule has 0 radical (unpaired) electrons. The smallest absolute Gasteiger partial charge is 0.180 e. The van der Waals surface area contributed by atoms with Gasteiger partial charge in [-0.1, -0.05) is 0 Å². The van der Waals surface area contributed by atoms with Gasteiger partial charge in [-0.05, 0) is 12.8 Å². The maximum absolute atomic E-state index is 8.45. The minimum Gasteiger partial charge on any atom is -0.484 e. The number of rotatable bonds is 5. The fourth-order valence-electron chi connectivity index (χ4n) is 0.643. The molecule has 0 aromatic rings. The topological polar surface area (TPSA) is 77.2 Å². The number of hydrogen-bond donors (Lipinski definition) is 3. The molecular weight excluding hydrogens is 144 g/mol. The molecule has 0 saturated carbocycles. The van der Waals surface area contributed by atoms with E-state index in [0.717, 1.165) is 0 Å². The van der Waals surface area contributed by atoms with Crippen LogP contribution in [0.1, 0.15) is 19.3 Å². The molecule has 0 bridgehead atoms. The highest BCUT2D eigenvalue weighted by molar-refractivity contribution is 5.82. The van der Waals surface area contributed by atoms with Crippen LogP contribution in [0.3, 0.4) is 0 Å². The fraction of sp³-hybridized carbons (Fsp3) is 0.714. The summed E-state index contributed by atoms with van der Waals surface area (Å²) in [6, 6.07) is 0. The molecule has 0 aromatic heterocycles. The lowest BCUT2D eigenvalue weighted by atomic mass is 10.2. The molecule has 0 amide bonds. The molecule has 0 atom stereocenters. The number of aliphatic hydroxyl groups is 1. The SMILES string of the molecule is COC(=N)CCCC(=N)CO. The summed E-state index contributed by atoms with van der Waals surface area (Å²) >= 11 is 0. The van der Waals surface area contributed by atoms with Crippen LogP contribution < -0.4 is 0 Å². The van der Waals surface area contributed by atoms with Gasteiger partial charge in [-0.3, -0.25) is 5.41 Å². The second-order valence-electron chi connectivity index (χ2n) is 2.24. The number of methoxy groups -OCH3 is 1. The Morgan fingerprint density at radius 3 is 2.45 bits per heavy atom. The molecule has 0 aliphatic heterocycles. The summed E-state index contributed by atoms with van der Waals surface area (Å²) in [4.78, 5) is 0. The van der Waals surface area contributed by atoms with Gasteiger partial charge in [0.05, 0.1) is 13.7 Å². The number of hydrogen-bond acceptors (Lipinski definition) is 4. The summed E-state index contributed by atoms with van der Waals surface area (Å²) in [5, 5.41) is 22.6. The van der Waals surface area contributed by atoms with Crippen LogP contribution in [-0.4, -0.2) is 30.4 Å². The third-order valence-corrected chi connectivity index (χ3v) is 1.32. The molecule has 0 rings (SSSR count). The molecule has 11 heavy (non-hydrogen) atoms. The normalized spacial score (nSPS) is 9.27. The summed E-state index contributed by atoms with van der Waals surface area (Å²) in [6.07, 6.45) is 1.78. The van der Waals surface area contributed by atoms with Gasteiger partial charge in [0.25, 0.3) is 0 Å². The van der Waals surface area contributed by atoms with E-state index in [9.17, 15) is 0 Å². The van der Waals surface area contributed by atoms with Gasteiger partial charge in [-0.2, -0.15) is 0 Å². The van der Waals surface area contributed by atoms with Gasteiger partial charge in [0.2, 0.25) is 0 Å². The molecule has 0 aliphatic carbocycles. The van der Waals surface area contributed by atoms with E-state index in [-0.39, 0.29) is 12.5 Å². The third-order valence-electron chi connectivity index (χ3n) is 1.32. The van der Waals surface area contributed by atoms with Crippen LogP contribution in [0, 0.1) is 10.8 Å². The van der Waals surface area contributed by atoms with Crippen LogP contribution in [0.2, 0.25) is 0 Å². The molecule has 0 unspecified atom stereocenters. The predicted octanol–water partition coefficient (Wildman–Crippen LogP) is 0.792. The first-order valence-corrected chi connectivity index (χ1v) is 3.49. The Morgan fingerprint density at radius 2 is 2.00 bits per heavy atom. The predicted molar refractivity (Wildman–Crippen MR) is 43.4 cm³/mol. The molecule has 0 aliphatic rings. The highest BCUT2D eigenvalue weighted by Crippen LogP contribution is 1.97. The molecule has 0 fully saturated rings. The van der Waals surface area contributed by atoms with Crippen LogP contribution in [0.25, 0.3) is 0 Å². The lowest BCUT2D eigenvalue weighted by molar-refractivity contribution is 0.353. The van der Waals surface area contributed by atoms with Crippen LogP contribution in [-0.2, 0) is 4.74 Å². The standard InChI is InChI=1S/C7H14N2O2/c1-11-7(9)4-2-3-6(8)5-10/h8-10H,2-5H2,1H3. The zero-order valence-corrected chi connectivity index (χ0v) is 6.68. The summed E-state index contributed by atoms with van der Waals surface area (Å²) in [6.45, 7) is -0.180. The van der Waals surface area contributed by atoms with E-state index < -0.39 is 0 Å². The lowest BCUT2D eigenvalue weighted by Crippen LogP contribution is -2.04. The van der Waals surface area contributed by atoms with Gasteiger partial charge < -0.3 is 15.3 Å². The van der Waals surface area contributed by atoms with Crippen molar-refractivity contribution in [1.29, 1.82) is 10.8 Å². The van der Waals surface area contributed by atoms with Gasteiger partial charge in [-0.15, -0.1) is 0 Å². The van der Waals surface area contributed by atoms with Crippen LogP contribution in [0.4, 0.5) is 0 Å². The Morgan fingerprint density at radius 1 is 1.36 bits per heavy atom. The van der Waals surface area contributed by atoms with E-state index >= 15 is 0 Å². The highest BCUT2D eigenvalue weighted by atomic mass is 16.5. The molecule has 3 N–H and O–H groups in total. The fourth-order valence-corrected chi connectivity index (χ4v) is 0.643. The van der Waals surface area contributed by atoms with Gasteiger partial charge in [0, 0.05) is 12.1 Å². The molecule has 64 valence electrons. The highest BCUT2D eigenvalue weighted by Gasteiger charge is 1.97. The monoisotopic (exact) mass is 158 g/mol. The van der Waals surface area contributed by atoms with E-state index in [1.165, 1.54) is 7.11 Å². The van der Waals surface area contributed by atoms with Gasteiger partial charge >= 0.3 is 0 Å². The molecule has 0 aromatic carbocycles. The summed E-state index contributed by atoms with van der Waals surface area (Å²) < 4.78 is 4.62.